The van der Waals surface area contributed by atoms with Gasteiger partial charge in [-0.1, -0.05) is 29.3 Å². The van der Waals surface area contributed by atoms with Crippen LogP contribution in [0.4, 0.5) is 13.6 Å². The summed E-state index contributed by atoms with van der Waals surface area (Å²) in [6, 6.07) is 7.30. The minimum atomic E-state index is -3.48. The minimum absolute atomic E-state index is 0.167. The van der Waals surface area contributed by atoms with E-state index in [0.29, 0.717) is 36.9 Å². The molecule has 2 heterocycles. The van der Waals surface area contributed by atoms with Gasteiger partial charge < -0.3 is 19.8 Å². The van der Waals surface area contributed by atoms with Crippen molar-refractivity contribution in [2.24, 2.45) is 0 Å². The normalized spacial score (nSPS) is 17.9. The molecule has 0 unspecified atom stereocenters. The second kappa shape index (κ2) is 10.4. The van der Waals surface area contributed by atoms with Crippen LogP contribution in [-0.2, 0) is 17.1 Å². The molecule has 1 aromatic carbocycles. The molecule has 2 aromatic rings. The van der Waals surface area contributed by atoms with E-state index in [2.05, 4.69) is 0 Å². The maximum Gasteiger partial charge on any atom is 0.410 e. The topological polar surface area (TPSA) is 87.1 Å². The van der Waals surface area contributed by atoms with Gasteiger partial charge >= 0.3 is 18.0 Å². The Morgan fingerprint density at radius 2 is 2.00 bits per heavy atom. The number of thiophene rings is 1. The molecule has 3 rings (SSSR count). The summed E-state index contributed by atoms with van der Waals surface area (Å²) in [6.07, 6.45) is 1.46. The van der Waals surface area contributed by atoms with Gasteiger partial charge in [0.15, 0.2) is 0 Å². The van der Waals surface area contributed by atoms with Crippen LogP contribution < -0.4 is 0 Å². The summed E-state index contributed by atoms with van der Waals surface area (Å²) in [7, 11) is 0. The molecule has 1 aliphatic heterocycles. The zero-order valence-corrected chi connectivity index (χ0v) is 19.3. The molecule has 0 spiro atoms. The van der Waals surface area contributed by atoms with Gasteiger partial charge in [-0.3, -0.25) is 0 Å². The summed E-state index contributed by atoms with van der Waals surface area (Å²) >= 11 is 1.18. The second-order valence-corrected chi connectivity index (χ2v) is 9.34. The van der Waals surface area contributed by atoms with Crippen LogP contribution in [0.5, 0.6) is 0 Å². The number of carbonyl (C=O) groups excluding carboxylic acids is 1. The number of amides is 1. The van der Waals surface area contributed by atoms with Crippen LogP contribution in [-0.4, -0.2) is 52.5 Å². The van der Waals surface area contributed by atoms with Crippen molar-refractivity contribution in [2.45, 2.75) is 51.2 Å². The number of halogens is 2. The molecule has 2 atom stereocenters. The van der Waals surface area contributed by atoms with E-state index in [1.807, 2.05) is 0 Å². The number of hydrogen-bond donors (Lipinski definition) is 2. The molecule has 0 radical (unpaired) electrons. The highest BCUT2D eigenvalue weighted by molar-refractivity contribution is 7.13. The SMILES string of the molecule is Cc1cc(C)cc(C(F)(F)[C@H](O)/C=C/[C@H]2CCOC(=O)N2CCCc2ccc(C(=O)O)s2)c1. The van der Waals surface area contributed by atoms with E-state index in [0.717, 1.165) is 11.0 Å². The smallest absolute Gasteiger partial charge is 0.410 e. The average molecular weight is 480 g/mol. The number of carboxylic acid groups (broad SMARTS) is 1. The lowest BCUT2D eigenvalue weighted by Crippen LogP contribution is -2.45. The lowest BCUT2D eigenvalue weighted by Gasteiger charge is -2.33. The van der Waals surface area contributed by atoms with Gasteiger partial charge in [-0.05, 0) is 51.0 Å². The van der Waals surface area contributed by atoms with Gasteiger partial charge in [0.2, 0.25) is 0 Å². The number of ether oxygens (including phenoxy) is 1. The summed E-state index contributed by atoms with van der Waals surface area (Å²) in [4.78, 5) is 25.9. The van der Waals surface area contributed by atoms with E-state index >= 15 is 0 Å². The zero-order chi connectivity index (χ0) is 24.2. The Kier molecular flexibility index (Phi) is 7.86. The van der Waals surface area contributed by atoms with Crippen molar-refractivity contribution in [1.82, 2.24) is 4.90 Å². The Labute approximate surface area is 195 Å². The van der Waals surface area contributed by atoms with Gasteiger partial charge in [0.1, 0.15) is 11.0 Å². The number of aliphatic hydroxyl groups excluding tert-OH is 1. The molecule has 33 heavy (non-hydrogen) atoms. The van der Waals surface area contributed by atoms with Crippen LogP contribution in [0.2, 0.25) is 0 Å². The van der Waals surface area contributed by atoms with E-state index in [9.17, 15) is 23.5 Å². The fourth-order valence-electron chi connectivity index (χ4n) is 3.84. The average Bonchev–Trinajstić information content (AvgIpc) is 3.22. The molecular weight excluding hydrogens is 452 g/mol. The summed E-state index contributed by atoms with van der Waals surface area (Å²) in [6.45, 7) is 3.93. The molecule has 1 aromatic heterocycles. The first-order valence-electron chi connectivity index (χ1n) is 10.7. The quantitative estimate of drug-likeness (QED) is 0.499. The molecule has 1 saturated heterocycles. The Morgan fingerprint density at radius 1 is 1.30 bits per heavy atom. The number of nitrogens with zero attached hydrogens (tertiary/aromatic N) is 1. The van der Waals surface area contributed by atoms with Crippen LogP contribution in [0.15, 0.2) is 42.5 Å². The van der Waals surface area contributed by atoms with Crippen molar-refractivity contribution in [3.05, 3.63) is 68.9 Å². The van der Waals surface area contributed by atoms with E-state index in [1.165, 1.54) is 34.4 Å². The highest BCUT2D eigenvalue weighted by atomic mass is 32.1. The Morgan fingerprint density at radius 3 is 2.64 bits per heavy atom. The van der Waals surface area contributed by atoms with Crippen LogP contribution in [0, 0.1) is 13.8 Å². The number of aromatic carboxylic acids is 1. The number of benzene rings is 1. The van der Waals surface area contributed by atoms with Gasteiger partial charge in [0, 0.05) is 23.4 Å². The van der Waals surface area contributed by atoms with Crippen molar-refractivity contribution in [2.75, 3.05) is 13.2 Å². The van der Waals surface area contributed by atoms with Gasteiger partial charge in [-0.2, -0.15) is 8.78 Å². The molecule has 0 aliphatic carbocycles. The number of carbonyl (C=O) groups is 2. The van der Waals surface area contributed by atoms with Gasteiger partial charge in [-0.25, -0.2) is 9.59 Å². The summed E-state index contributed by atoms with van der Waals surface area (Å²) < 4.78 is 34.8. The predicted octanol–water partition coefficient (Wildman–Crippen LogP) is 4.92. The van der Waals surface area contributed by atoms with E-state index in [4.69, 9.17) is 9.84 Å². The maximum atomic E-state index is 14.8. The first-order valence-corrected chi connectivity index (χ1v) is 11.5. The second-order valence-electron chi connectivity index (χ2n) is 8.17. The Hall–Kier alpha value is -2.78. The number of aliphatic hydroxyl groups is 1. The maximum absolute atomic E-state index is 14.8. The van der Waals surface area contributed by atoms with Crippen molar-refractivity contribution in [3.8, 4) is 0 Å². The summed E-state index contributed by atoms with van der Waals surface area (Å²) in [5, 5.41) is 19.3. The van der Waals surface area contributed by atoms with Crippen molar-refractivity contribution < 1.29 is 33.3 Å². The number of alkyl halides is 2. The van der Waals surface area contributed by atoms with Crippen molar-refractivity contribution >= 4 is 23.4 Å². The minimum Gasteiger partial charge on any atom is -0.477 e. The summed E-state index contributed by atoms with van der Waals surface area (Å²) in [5.74, 6) is -4.46. The zero-order valence-electron chi connectivity index (χ0n) is 18.5. The number of aryl methyl sites for hydroxylation is 3. The number of cyclic esters (lactones) is 1. The molecule has 1 fully saturated rings. The van der Waals surface area contributed by atoms with Gasteiger partial charge in [-0.15, -0.1) is 11.3 Å². The lowest BCUT2D eigenvalue weighted by atomic mass is 9.98. The fourth-order valence-corrected chi connectivity index (χ4v) is 4.73. The first kappa shape index (κ1) is 24.9. The third kappa shape index (κ3) is 6.17. The molecule has 178 valence electrons. The van der Waals surface area contributed by atoms with Gasteiger partial charge in [0.05, 0.1) is 12.6 Å². The Balaban J connectivity index is 1.65. The highest BCUT2D eigenvalue weighted by Crippen LogP contribution is 2.34. The first-order chi connectivity index (χ1) is 15.6. The number of rotatable bonds is 9. The molecule has 6 nitrogen and oxygen atoms in total. The van der Waals surface area contributed by atoms with E-state index in [1.54, 1.807) is 32.0 Å². The third-order valence-corrected chi connectivity index (χ3v) is 6.60. The standard InChI is InChI=1S/C24H27F2NO5S/c1-15-12-16(2)14-17(13-15)24(25,26)21(28)8-5-18-9-11-32-23(31)27(18)10-3-4-19-6-7-20(33-19)22(29)30/h5-8,12-14,18,21,28H,3-4,9-11H2,1-2H3,(H,29,30)/b8-5+/t18-,21+/m0/s1. The van der Waals surface area contributed by atoms with Gasteiger partial charge in [0.25, 0.3) is 0 Å². The molecule has 0 saturated carbocycles. The molecule has 1 aliphatic rings. The largest absolute Gasteiger partial charge is 0.477 e. The van der Waals surface area contributed by atoms with Crippen LogP contribution in [0.25, 0.3) is 0 Å². The van der Waals surface area contributed by atoms with E-state index in [-0.39, 0.29) is 17.0 Å². The van der Waals surface area contributed by atoms with Crippen LogP contribution >= 0.6 is 11.3 Å². The lowest BCUT2D eigenvalue weighted by molar-refractivity contribution is -0.0930. The molecule has 1 amide bonds. The van der Waals surface area contributed by atoms with E-state index < -0.39 is 30.1 Å². The number of carboxylic acids is 1. The molecule has 9 heteroatoms. The van der Waals surface area contributed by atoms with Crippen molar-refractivity contribution in [3.63, 3.8) is 0 Å². The molecule has 2 N–H and O–H groups in total. The monoisotopic (exact) mass is 479 g/mol. The van der Waals surface area contributed by atoms with Crippen LogP contribution in [0.3, 0.4) is 0 Å². The van der Waals surface area contributed by atoms with Crippen molar-refractivity contribution in [1.29, 1.82) is 0 Å². The molecule has 0 bridgehead atoms. The fraction of sp³-hybridized carbons (Fsp3) is 0.417. The number of hydrogen-bond acceptors (Lipinski definition) is 5. The Bertz CT molecular complexity index is 1020. The summed E-state index contributed by atoms with van der Waals surface area (Å²) in [5.41, 5.74) is 1.11. The predicted molar refractivity (Wildman–Crippen MR) is 121 cm³/mol. The van der Waals surface area contributed by atoms with Crippen LogP contribution in [0.1, 0.15) is 44.1 Å². The third-order valence-electron chi connectivity index (χ3n) is 5.46. The highest BCUT2D eigenvalue weighted by Gasteiger charge is 2.39. The molecular formula is C24H27F2NO5S.